The Morgan fingerprint density at radius 3 is 2.42 bits per heavy atom. The van der Waals surface area contributed by atoms with Crippen molar-refractivity contribution >= 4 is 5.69 Å². The van der Waals surface area contributed by atoms with Crippen LogP contribution in [0.1, 0.15) is 26.7 Å². The van der Waals surface area contributed by atoms with Gasteiger partial charge in [0.1, 0.15) is 12.4 Å². The second-order valence-corrected chi connectivity index (χ2v) is 5.17. The van der Waals surface area contributed by atoms with Crippen LogP contribution in [0.4, 0.5) is 5.69 Å². The van der Waals surface area contributed by atoms with Gasteiger partial charge in [0.05, 0.1) is 18.8 Å². The zero-order valence-corrected chi connectivity index (χ0v) is 11.6. The van der Waals surface area contributed by atoms with Gasteiger partial charge in [-0.05, 0) is 51.0 Å². The van der Waals surface area contributed by atoms with E-state index in [-0.39, 0.29) is 6.61 Å². The van der Waals surface area contributed by atoms with Crippen LogP contribution in [0.15, 0.2) is 24.3 Å². The molecule has 0 aromatic heterocycles. The number of hydrogen-bond acceptors (Lipinski definition) is 4. The van der Waals surface area contributed by atoms with E-state index in [1.807, 2.05) is 24.3 Å². The summed E-state index contributed by atoms with van der Waals surface area (Å²) >= 11 is 0. The molecule has 1 aliphatic heterocycles. The van der Waals surface area contributed by atoms with Crippen LogP contribution in [0.3, 0.4) is 0 Å². The highest BCUT2D eigenvalue weighted by Crippen LogP contribution is 2.23. The zero-order chi connectivity index (χ0) is 13.7. The summed E-state index contributed by atoms with van der Waals surface area (Å²) < 4.78 is 11.1. The first kappa shape index (κ1) is 14.2. The molecule has 1 aromatic rings. The molecule has 2 rings (SSSR count). The van der Waals surface area contributed by atoms with E-state index in [0.29, 0.717) is 24.9 Å². The molecular formula is C15H23NO3. The van der Waals surface area contributed by atoms with E-state index in [1.54, 1.807) is 0 Å². The van der Waals surface area contributed by atoms with E-state index in [4.69, 9.17) is 14.6 Å². The zero-order valence-electron chi connectivity index (χ0n) is 11.6. The summed E-state index contributed by atoms with van der Waals surface area (Å²) in [5.74, 6) is 0.785. The Morgan fingerprint density at radius 2 is 1.84 bits per heavy atom. The SMILES string of the molecule is CC1CC(Nc2ccc(OCCO)cc2)CC(C)O1. The summed E-state index contributed by atoms with van der Waals surface area (Å²) in [6, 6.07) is 8.33. The normalized spacial score (nSPS) is 27.0. The molecule has 106 valence electrons. The molecule has 1 saturated heterocycles. The third-order valence-corrected chi connectivity index (χ3v) is 3.28. The molecule has 4 heteroatoms. The number of anilines is 1. The van der Waals surface area contributed by atoms with E-state index < -0.39 is 0 Å². The van der Waals surface area contributed by atoms with E-state index in [1.165, 1.54) is 0 Å². The third kappa shape index (κ3) is 4.40. The van der Waals surface area contributed by atoms with Crippen molar-refractivity contribution in [3.05, 3.63) is 24.3 Å². The standard InChI is InChI=1S/C15H23NO3/c1-11-9-14(10-12(2)19-11)16-13-3-5-15(6-4-13)18-8-7-17/h3-6,11-12,14,16-17H,7-10H2,1-2H3. The average molecular weight is 265 g/mol. The highest BCUT2D eigenvalue weighted by Gasteiger charge is 2.24. The molecule has 0 amide bonds. The van der Waals surface area contributed by atoms with Gasteiger partial charge in [-0.3, -0.25) is 0 Å². The fraction of sp³-hybridized carbons (Fsp3) is 0.600. The van der Waals surface area contributed by atoms with Crippen molar-refractivity contribution in [1.29, 1.82) is 0 Å². The lowest BCUT2D eigenvalue weighted by atomic mass is 9.99. The lowest BCUT2D eigenvalue weighted by molar-refractivity contribution is -0.0337. The third-order valence-electron chi connectivity index (χ3n) is 3.28. The van der Waals surface area contributed by atoms with Gasteiger partial charge < -0.3 is 19.9 Å². The van der Waals surface area contributed by atoms with Crippen LogP contribution >= 0.6 is 0 Å². The van der Waals surface area contributed by atoms with Crippen molar-refractivity contribution in [3.63, 3.8) is 0 Å². The van der Waals surface area contributed by atoms with Gasteiger partial charge in [0.15, 0.2) is 0 Å². The van der Waals surface area contributed by atoms with Crippen LogP contribution < -0.4 is 10.1 Å². The van der Waals surface area contributed by atoms with Crippen LogP contribution in [0.25, 0.3) is 0 Å². The maximum atomic E-state index is 8.70. The Labute approximate surface area is 114 Å². The molecule has 0 spiro atoms. The Bertz CT molecular complexity index is 369. The van der Waals surface area contributed by atoms with E-state index in [9.17, 15) is 0 Å². The van der Waals surface area contributed by atoms with Gasteiger partial charge in [0.25, 0.3) is 0 Å². The van der Waals surface area contributed by atoms with Gasteiger partial charge in [-0.15, -0.1) is 0 Å². The lowest BCUT2D eigenvalue weighted by Gasteiger charge is -2.33. The highest BCUT2D eigenvalue weighted by atomic mass is 16.5. The first-order valence-corrected chi connectivity index (χ1v) is 6.93. The van der Waals surface area contributed by atoms with Gasteiger partial charge in [-0.1, -0.05) is 0 Å². The molecule has 0 saturated carbocycles. The largest absolute Gasteiger partial charge is 0.491 e. The molecule has 4 nitrogen and oxygen atoms in total. The Hall–Kier alpha value is -1.26. The van der Waals surface area contributed by atoms with Crippen LogP contribution in [-0.4, -0.2) is 36.6 Å². The molecule has 0 aliphatic carbocycles. The van der Waals surface area contributed by atoms with Crippen LogP contribution in [-0.2, 0) is 4.74 Å². The summed E-state index contributed by atoms with van der Waals surface area (Å²) in [5.41, 5.74) is 1.10. The second kappa shape index (κ2) is 6.78. The fourth-order valence-corrected chi connectivity index (χ4v) is 2.57. The number of nitrogens with one attached hydrogen (secondary N) is 1. The van der Waals surface area contributed by atoms with Gasteiger partial charge in [-0.2, -0.15) is 0 Å². The van der Waals surface area contributed by atoms with Crippen LogP contribution in [0, 0.1) is 0 Å². The topological polar surface area (TPSA) is 50.7 Å². The number of aliphatic hydroxyl groups excluding tert-OH is 1. The highest BCUT2D eigenvalue weighted by molar-refractivity contribution is 5.47. The van der Waals surface area contributed by atoms with Crippen LogP contribution in [0.2, 0.25) is 0 Å². The van der Waals surface area contributed by atoms with E-state index in [2.05, 4.69) is 19.2 Å². The van der Waals surface area contributed by atoms with E-state index >= 15 is 0 Å². The first-order valence-electron chi connectivity index (χ1n) is 6.93. The minimum Gasteiger partial charge on any atom is -0.491 e. The molecule has 1 heterocycles. The summed E-state index contributed by atoms with van der Waals surface area (Å²) in [6.07, 6.45) is 2.70. The van der Waals surface area contributed by atoms with Gasteiger partial charge >= 0.3 is 0 Å². The number of ether oxygens (including phenoxy) is 2. The smallest absolute Gasteiger partial charge is 0.119 e. The molecule has 19 heavy (non-hydrogen) atoms. The lowest BCUT2D eigenvalue weighted by Crippen LogP contribution is -2.36. The van der Waals surface area contributed by atoms with Crippen LogP contribution in [0.5, 0.6) is 5.75 Å². The summed E-state index contributed by atoms with van der Waals surface area (Å²) in [5, 5.41) is 12.2. The van der Waals surface area contributed by atoms with Gasteiger partial charge in [-0.25, -0.2) is 0 Å². The minimum absolute atomic E-state index is 0.0395. The maximum absolute atomic E-state index is 8.70. The average Bonchev–Trinajstić information content (AvgIpc) is 2.37. The molecule has 1 fully saturated rings. The molecule has 0 bridgehead atoms. The predicted octanol–water partition coefficient (Wildman–Crippen LogP) is 2.43. The van der Waals surface area contributed by atoms with Crippen molar-refractivity contribution < 1.29 is 14.6 Å². The molecule has 2 unspecified atom stereocenters. The van der Waals surface area contributed by atoms with Crippen molar-refractivity contribution in [2.75, 3.05) is 18.5 Å². The Morgan fingerprint density at radius 1 is 1.21 bits per heavy atom. The van der Waals surface area contributed by atoms with E-state index in [0.717, 1.165) is 24.3 Å². The van der Waals surface area contributed by atoms with Crippen molar-refractivity contribution in [2.45, 2.75) is 44.9 Å². The molecular weight excluding hydrogens is 242 g/mol. The van der Waals surface area contributed by atoms with Crippen molar-refractivity contribution in [2.24, 2.45) is 0 Å². The molecule has 1 aromatic carbocycles. The molecule has 2 atom stereocenters. The van der Waals surface area contributed by atoms with Gasteiger partial charge in [0.2, 0.25) is 0 Å². The molecule has 0 radical (unpaired) electrons. The quantitative estimate of drug-likeness (QED) is 0.858. The van der Waals surface area contributed by atoms with Crippen molar-refractivity contribution in [3.8, 4) is 5.75 Å². The fourth-order valence-electron chi connectivity index (χ4n) is 2.57. The summed E-state index contributed by atoms with van der Waals surface area (Å²) in [7, 11) is 0. The number of aliphatic hydroxyl groups is 1. The number of hydrogen-bond donors (Lipinski definition) is 2. The number of benzene rings is 1. The minimum atomic E-state index is 0.0395. The molecule has 1 aliphatic rings. The molecule has 2 N–H and O–H groups in total. The number of rotatable bonds is 5. The Balaban J connectivity index is 1.88. The summed E-state index contributed by atoms with van der Waals surface area (Å²) in [6.45, 7) is 4.62. The first-order chi connectivity index (χ1) is 9.17. The predicted molar refractivity (Wildman–Crippen MR) is 75.7 cm³/mol. The van der Waals surface area contributed by atoms with Gasteiger partial charge in [0, 0.05) is 11.7 Å². The second-order valence-electron chi connectivity index (χ2n) is 5.17. The van der Waals surface area contributed by atoms with Crippen molar-refractivity contribution in [1.82, 2.24) is 0 Å². The summed E-state index contributed by atoms with van der Waals surface area (Å²) in [4.78, 5) is 0. The Kier molecular flexibility index (Phi) is 5.05. The monoisotopic (exact) mass is 265 g/mol. The maximum Gasteiger partial charge on any atom is 0.119 e.